The van der Waals surface area contributed by atoms with E-state index in [9.17, 15) is 14.9 Å². The minimum Gasteiger partial charge on any atom is -0.477 e. The Bertz CT molecular complexity index is 671. The highest BCUT2D eigenvalue weighted by Crippen LogP contribution is 2.25. The van der Waals surface area contributed by atoms with E-state index in [0.717, 1.165) is 5.56 Å². The highest BCUT2D eigenvalue weighted by Gasteiger charge is 2.20. The molecular formula is C15H14N2O4. The van der Waals surface area contributed by atoms with Crippen LogP contribution in [0.25, 0.3) is 0 Å². The molecule has 2 aromatic rings. The van der Waals surface area contributed by atoms with Crippen LogP contribution in [0.5, 0.6) is 0 Å². The fourth-order valence-electron chi connectivity index (χ4n) is 2.04. The van der Waals surface area contributed by atoms with Gasteiger partial charge in [0.1, 0.15) is 5.56 Å². The van der Waals surface area contributed by atoms with E-state index in [0.29, 0.717) is 12.2 Å². The van der Waals surface area contributed by atoms with E-state index in [1.54, 1.807) is 13.1 Å². The van der Waals surface area contributed by atoms with Gasteiger partial charge in [0.2, 0.25) is 0 Å². The fraction of sp³-hybridized carbons (Fsp3) is 0.133. The number of benzene rings is 2. The first kappa shape index (κ1) is 14.5. The summed E-state index contributed by atoms with van der Waals surface area (Å²) in [6, 6.07) is 13.8. The van der Waals surface area contributed by atoms with Crippen LogP contribution in [-0.4, -0.2) is 23.0 Å². The topological polar surface area (TPSA) is 83.7 Å². The summed E-state index contributed by atoms with van der Waals surface area (Å²) in [7, 11) is 1.81. The number of carboxylic acid groups (broad SMARTS) is 1. The lowest BCUT2D eigenvalue weighted by molar-refractivity contribution is -0.385. The van der Waals surface area contributed by atoms with E-state index in [2.05, 4.69) is 0 Å². The standard InChI is InChI=1S/C15H14N2O4/c1-16(10-11-5-3-2-4-6-11)12-7-8-14(17(20)21)13(9-12)15(18)19/h2-9H,10H2,1H3,(H,18,19). The molecule has 2 aromatic carbocycles. The summed E-state index contributed by atoms with van der Waals surface area (Å²) >= 11 is 0. The Balaban J connectivity index is 2.30. The minimum atomic E-state index is -1.31. The first-order valence-corrected chi connectivity index (χ1v) is 6.26. The summed E-state index contributed by atoms with van der Waals surface area (Å²) in [4.78, 5) is 23.1. The van der Waals surface area contributed by atoms with Gasteiger partial charge in [-0.05, 0) is 17.7 Å². The fourth-order valence-corrected chi connectivity index (χ4v) is 2.04. The van der Waals surface area contributed by atoms with Gasteiger partial charge in [-0.15, -0.1) is 0 Å². The molecule has 21 heavy (non-hydrogen) atoms. The molecule has 0 aliphatic carbocycles. The van der Waals surface area contributed by atoms with Crippen LogP contribution < -0.4 is 4.90 Å². The molecule has 0 aliphatic heterocycles. The number of aromatic carboxylic acids is 1. The number of carboxylic acids is 1. The Morgan fingerprint density at radius 2 is 1.90 bits per heavy atom. The van der Waals surface area contributed by atoms with E-state index in [1.165, 1.54) is 12.1 Å². The molecule has 2 rings (SSSR count). The van der Waals surface area contributed by atoms with E-state index < -0.39 is 16.6 Å². The largest absolute Gasteiger partial charge is 0.477 e. The highest BCUT2D eigenvalue weighted by atomic mass is 16.6. The lowest BCUT2D eigenvalue weighted by atomic mass is 10.1. The Morgan fingerprint density at radius 3 is 2.48 bits per heavy atom. The molecule has 0 radical (unpaired) electrons. The molecule has 0 aliphatic rings. The number of hydrogen-bond donors (Lipinski definition) is 1. The van der Waals surface area contributed by atoms with Crippen LogP contribution in [-0.2, 0) is 6.54 Å². The average Bonchev–Trinajstić information content (AvgIpc) is 2.47. The van der Waals surface area contributed by atoms with Gasteiger partial charge in [0.15, 0.2) is 0 Å². The molecule has 0 amide bonds. The molecule has 6 nitrogen and oxygen atoms in total. The van der Waals surface area contributed by atoms with Crippen LogP contribution in [0.4, 0.5) is 11.4 Å². The Hall–Kier alpha value is -2.89. The van der Waals surface area contributed by atoms with Crippen molar-refractivity contribution in [3.63, 3.8) is 0 Å². The quantitative estimate of drug-likeness (QED) is 0.675. The van der Waals surface area contributed by atoms with Gasteiger partial charge in [0.05, 0.1) is 4.92 Å². The van der Waals surface area contributed by atoms with Crippen LogP contribution in [0.1, 0.15) is 15.9 Å². The van der Waals surface area contributed by atoms with Gasteiger partial charge < -0.3 is 10.0 Å². The van der Waals surface area contributed by atoms with Crippen molar-refractivity contribution in [2.45, 2.75) is 6.54 Å². The van der Waals surface area contributed by atoms with Crippen molar-refractivity contribution >= 4 is 17.3 Å². The second kappa shape index (κ2) is 6.04. The lowest BCUT2D eigenvalue weighted by Crippen LogP contribution is -2.17. The van der Waals surface area contributed by atoms with Gasteiger partial charge in [0, 0.05) is 25.3 Å². The first-order valence-electron chi connectivity index (χ1n) is 6.26. The molecule has 1 N–H and O–H groups in total. The molecular weight excluding hydrogens is 272 g/mol. The molecule has 0 fully saturated rings. The smallest absolute Gasteiger partial charge is 0.342 e. The number of rotatable bonds is 5. The molecule has 0 spiro atoms. The molecule has 108 valence electrons. The number of anilines is 1. The van der Waals surface area contributed by atoms with E-state index in [4.69, 9.17) is 5.11 Å². The predicted molar refractivity (Wildman–Crippen MR) is 78.6 cm³/mol. The van der Waals surface area contributed by atoms with Crippen LogP contribution in [0.3, 0.4) is 0 Å². The van der Waals surface area contributed by atoms with E-state index in [1.807, 2.05) is 35.2 Å². The van der Waals surface area contributed by atoms with Crippen molar-refractivity contribution < 1.29 is 14.8 Å². The average molecular weight is 286 g/mol. The maximum Gasteiger partial charge on any atom is 0.342 e. The third kappa shape index (κ3) is 3.36. The maximum atomic E-state index is 11.1. The summed E-state index contributed by atoms with van der Waals surface area (Å²) in [5.41, 5.74) is 0.967. The second-order valence-corrected chi connectivity index (χ2v) is 4.61. The van der Waals surface area contributed by atoms with Crippen LogP contribution >= 0.6 is 0 Å². The summed E-state index contributed by atoms with van der Waals surface area (Å²) in [5.74, 6) is -1.31. The van der Waals surface area contributed by atoms with Gasteiger partial charge >= 0.3 is 5.97 Å². The van der Waals surface area contributed by atoms with E-state index >= 15 is 0 Å². The SMILES string of the molecule is CN(Cc1ccccc1)c1ccc([N+](=O)[O-])c(C(=O)O)c1. The number of nitro benzene ring substituents is 1. The monoisotopic (exact) mass is 286 g/mol. The van der Waals surface area contributed by atoms with Crippen molar-refractivity contribution in [1.82, 2.24) is 0 Å². The molecule has 0 aromatic heterocycles. The highest BCUT2D eigenvalue weighted by molar-refractivity contribution is 5.93. The predicted octanol–water partition coefficient (Wildman–Crippen LogP) is 2.93. The minimum absolute atomic E-state index is 0.308. The number of hydrogen-bond acceptors (Lipinski definition) is 4. The Kier molecular flexibility index (Phi) is 4.18. The maximum absolute atomic E-state index is 11.1. The molecule has 0 bridgehead atoms. The number of carbonyl (C=O) groups is 1. The van der Waals surface area contributed by atoms with Crippen molar-refractivity contribution in [3.8, 4) is 0 Å². The number of nitrogens with zero attached hydrogens (tertiary/aromatic N) is 2. The van der Waals surface area contributed by atoms with Gasteiger partial charge in [-0.1, -0.05) is 30.3 Å². The van der Waals surface area contributed by atoms with E-state index in [-0.39, 0.29) is 5.56 Å². The van der Waals surface area contributed by atoms with Gasteiger partial charge in [-0.2, -0.15) is 0 Å². The van der Waals surface area contributed by atoms with Crippen molar-refractivity contribution in [1.29, 1.82) is 0 Å². The third-order valence-electron chi connectivity index (χ3n) is 3.11. The van der Waals surface area contributed by atoms with Crippen LogP contribution in [0.15, 0.2) is 48.5 Å². The molecule has 0 saturated heterocycles. The normalized spacial score (nSPS) is 10.1. The summed E-state index contributed by atoms with van der Waals surface area (Å²) in [6.07, 6.45) is 0. The zero-order valence-corrected chi connectivity index (χ0v) is 11.4. The Morgan fingerprint density at radius 1 is 1.24 bits per heavy atom. The summed E-state index contributed by atoms with van der Waals surface area (Å²) in [6.45, 7) is 0.581. The van der Waals surface area contributed by atoms with Crippen molar-refractivity contribution in [2.75, 3.05) is 11.9 Å². The summed E-state index contributed by atoms with van der Waals surface area (Å²) in [5, 5.41) is 19.9. The summed E-state index contributed by atoms with van der Waals surface area (Å²) < 4.78 is 0. The van der Waals surface area contributed by atoms with Gasteiger partial charge in [0.25, 0.3) is 5.69 Å². The van der Waals surface area contributed by atoms with Gasteiger partial charge in [-0.25, -0.2) is 4.79 Å². The molecule has 0 heterocycles. The molecule has 0 unspecified atom stereocenters. The first-order chi connectivity index (χ1) is 9.99. The third-order valence-corrected chi connectivity index (χ3v) is 3.11. The second-order valence-electron chi connectivity index (χ2n) is 4.61. The molecule has 6 heteroatoms. The van der Waals surface area contributed by atoms with Crippen LogP contribution in [0.2, 0.25) is 0 Å². The lowest BCUT2D eigenvalue weighted by Gasteiger charge is -2.19. The molecule has 0 atom stereocenters. The zero-order valence-electron chi connectivity index (χ0n) is 11.4. The zero-order chi connectivity index (χ0) is 15.4. The van der Waals surface area contributed by atoms with Crippen molar-refractivity contribution in [2.24, 2.45) is 0 Å². The molecule has 0 saturated carbocycles. The van der Waals surface area contributed by atoms with Crippen molar-refractivity contribution in [3.05, 3.63) is 69.8 Å². The number of nitro groups is 1. The van der Waals surface area contributed by atoms with Crippen LogP contribution in [0, 0.1) is 10.1 Å². The Labute approximate surface area is 121 Å². The van der Waals surface area contributed by atoms with Gasteiger partial charge in [-0.3, -0.25) is 10.1 Å².